The lowest BCUT2D eigenvalue weighted by Crippen LogP contribution is -2.26. The van der Waals surface area contributed by atoms with E-state index < -0.39 is 5.97 Å². The van der Waals surface area contributed by atoms with Gasteiger partial charge in [0.05, 0.1) is 0 Å². The van der Waals surface area contributed by atoms with Gasteiger partial charge < -0.3 is 15.4 Å². The predicted octanol–water partition coefficient (Wildman–Crippen LogP) is 4.45. The molecule has 2 aromatic rings. The Morgan fingerprint density at radius 2 is 1.77 bits per heavy atom. The molecule has 1 saturated carbocycles. The minimum atomic E-state index is -0.439. The number of ether oxygens (including phenoxy) is 1. The molecule has 158 valence electrons. The van der Waals surface area contributed by atoms with Gasteiger partial charge in [0.2, 0.25) is 5.91 Å². The first-order chi connectivity index (χ1) is 14.5. The van der Waals surface area contributed by atoms with Crippen LogP contribution >= 0.6 is 0 Å². The van der Waals surface area contributed by atoms with Crippen LogP contribution in [0.4, 0.5) is 5.69 Å². The second kappa shape index (κ2) is 10.6. The van der Waals surface area contributed by atoms with E-state index >= 15 is 0 Å². The fraction of sp³-hybridized carbons (Fsp3) is 0.375. The Balaban J connectivity index is 1.54. The second-order valence-electron chi connectivity index (χ2n) is 7.76. The SMILES string of the molecule is CC(=O)Oc1cccc(C(=O)Nc2cccc(CNC(=O)CC3CCCCC3)c2)c1. The maximum atomic E-state index is 12.5. The number of amides is 2. The van der Waals surface area contributed by atoms with Crippen LogP contribution in [-0.2, 0) is 16.1 Å². The van der Waals surface area contributed by atoms with E-state index in [1.165, 1.54) is 32.3 Å². The molecule has 0 unspecified atom stereocenters. The molecule has 0 atom stereocenters. The number of esters is 1. The molecule has 0 bridgehead atoms. The molecule has 2 amide bonds. The molecule has 1 aliphatic carbocycles. The van der Waals surface area contributed by atoms with Crippen LogP contribution in [0, 0.1) is 5.92 Å². The lowest BCUT2D eigenvalue weighted by Gasteiger charge is -2.20. The van der Waals surface area contributed by atoms with Gasteiger partial charge in [-0.2, -0.15) is 0 Å². The minimum Gasteiger partial charge on any atom is -0.427 e. The van der Waals surface area contributed by atoms with Gasteiger partial charge in [-0.1, -0.05) is 37.5 Å². The highest BCUT2D eigenvalue weighted by molar-refractivity contribution is 6.04. The quantitative estimate of drug-likeness (QED) is 0.524. The zero-order chi connectivity index (χ0) is 21.3. The normalized spacial score (nSPS) is 14.0. The molecule has 0 spiro atoms. The summed E-state index contributed by atoms with van der Waals surface area (Å²) in [5.41, 5.74) is 1.94. The van der Waals surface area contributed by atoms with E-state index in [-0.39, 0.29) is 11.8 Å². The number of carbonyl (C=O) groups excluding carboxylic acids is 3. The van der Waals surface area contributed by atoms with Crippen LogP contribution in [0.25, 0.3) is 0 Å². The smallest absolute Gasteiger partial charge is 0.308 e. The van der Waals surface area contributed by atoms with E-state index in [0.717, 1.165) is 18.4 Å². The summed E-state index contributed by atoms with van der Waals surface area (Å²) in [6, 6.07) is 13.8. The van der Waals surface area contributed by atoms with Gasteiger partial charge in [-0.3, -0.25) is 14.4 Å². The highest BCUT2D eigenvalue weighted by Gasteiger charge is 2.16. The van der Waals surface area contributed by atoms with Crippen LogP contribution in [-0.4, -0.2) is 17.8 Å². The zero-order valence-electron chi connectivity index (χ0n) is 17.3. The molecule has 1 aliphatic rings. The van der Waals surface area contributed by atoms with Gasteiger partial charge in [0.25, 0.3) is 5.91 Å². The molecule has 0 radical (unpaired) electrons. The Hall–Kier alpha value is -3.15. The first kappa shape index (κ1) is 21.6. The third-order valence-corrected chi connectivity index (χ3v) is 5.23. The van der Waals surface area contributed by atoms with E-state index in [4.69, 9.17) is 4.74 Å². The number of hydrogen-bond acceptors (Lipinski definition) is 4. The maximum absolute atomic E-state index is 12.5. The molecule has 0 aliphatic heterocycles. The molecule has 30 heavy (non-hydrogen) atoms. The average Bonchev–Trinajstić information content (AvgIpc) is 2.73. The van der Waals surface area contributed by atoms with Gasteiger partial charge in [-0.25, -0.2) is 0 Å². The van der Waals surface area contributed by atoms with Gasteiger partial charge in [-0.05, 0) is 54.7 Å². The highest BCUT2D eigenvalue weighted by atomic mass is 16.5. The first-order valence-corrected chi connectivity index (χ1v) is 10.4. The van der Waals surface area contributed by atoms with Crippen LogP contribution in [0.1, 0.15) is 61.4 Å². The number of nitrogens with one attached hydrogen (secondary N) is 2. The van der Waals surface area contributed by atoms with Gasteiger partial charge in [0.15, 0.2) is 0 Å². The third kappa shape index (κ3) is 6.72. The fourth-order valence-electron chi connectivity index (χ4n) is 3.76. The van der Waals surface area contributed by atoms with Gasteiger partial charge in [-0.15, -0.1) is 0 Å². The standard InChI is InChI=1S/C24H28N2O4/c1-17(27)30-22-12-6-10-20(15-22)24(29)26-21-11-5-9-19(13-21)16-25-23(28)14-18-7-3-2-4-8-18/h5-6,9-13,15,18H,2-4,7-8,14,16H2,1H3,(H,25,28)(H,26,29). The van der Waals surface area contributed by atoms with Crippen molar-refractivity contribution in [2.75, 3.05) is 5.32 Å². The number of rotatable bonds is 7. The van der Waals surface area contributed by atoms with Gasteiger partial charge in [0.1, 0.15) is 5.75 Å². The van der Waals surface area contributed by atoms with Crippen LogP contribution in [0.5, 0.6) is 5.75 Å². The molecule has 2 N–H and O–H groups in total. The molecule has 0 heterocycles. The summed E-state index contributed by atoms with van der Waals surface area (Å²) in [5.74, 6) is 0.170. The van der Waals surface area contributed by atoms with E-state index in [2.05, 4.69) is 10.6 Å². The van der Waals surface area contributed by atoms with Crippen molar-refractivity contribution >= 4 is 23.5 Å². The molecule has 2 aromatic carbocycles. The number of hydrogen-bond donors (Lipinski definition) is 2. The predicted molar refractivity (Wildman–Crippen MR) is 115 cm³/mol. The van der Waals surface area contributed by atoms with E-state index in [0.29, 0.717) is 35.9 Å². The molecular formula is C24H28N2O4. The first-order valence-electron chi connectivity index (χ1n) is 10.4. The Labute approximate surface area is 177 Å². The Morgan fingerprint density at radius 3 is 2.53 bits per heavy atom. The van der Waals surface area contributed by atoms with Crippen molar-refractivity contribution in [1.29, 1.82) is 0 Å². The Kier molecular flexibility index (Phi) is 7.60. The molecule has 3 rings (SSSR count). The number of anilines is 1. The van der Waals surface area contributed by atoms with Crippen LogP contribution < -0.4 is 15.4 Å². The number of carbonyl (C=O) groups is 3. The van der Waals surface area contributed by atoms with E-state index in [9.17, 15) is 14.4 Å². The van der Waals surface area contributed by atoms with Crippen LogP contribution in [0.2, 0.25) is 0 Å². The summed E-state index contributed by atoms with van der Waals surface area (Å²) < 4.78 is 5.02. The van der Waals surface area contributed by atoms with E-state index in [1.54, 1.807) is 24.3 Å². The largest absolute Gasteiger partial charge is 0.427 e. The van der Waals surface area contributed by atoms with Crippen molar-refractivity contribution in [2.45, 2.75) is 52.0 Å². The van der Waals surface area contributed by atoms with Crippen LogP contribution in [0.15, 0.2) is 48.5 Å². The maximum Gasteiger partial charge on any atom is 0.308 e. The average molecular weight is 408 g/mol. The summed E-state index contributed by atoms with van der Waals surface area (Å²) in [7, 11) is 0. The molecule has 0 aromatic heterocycles. The van der Waals surface area contributed by atoms with Gasteiger partial charge >= 0.3 is 5.97 Å². The minimum absolute atomic E-state index is 0.0821. The van der Waals surface area contributed by atoms with Crippen molar-refractivity contribution in [3.05, 3.63) is 59.7 Å². The summed E-state index contributed by atoms with van der Waals surface area (Å²) >= 11 is 0. The second-order valence-corrected chi connectivity index (χ2v) is 7.76. The van der Waals surface area contributed by atoms with Crippen molar-refractivity contribution < 1.29 is 19.1 Å². The Bertz CT molecular complexity index is 904. The monoisotopic (exact) mass is 408 g/mol. The lowest BCUT2D eigenvalue weighted by molar-refractivity contribution is -0.131. The Morgan fingerprint density at radius 1 is 1.00 bits per heavy atom. The van der Waals surface area contributed by atoms with E-state index in [1.807, 2.05) is 18.2 Å². The third-order valence-electron chi connectivity index (χ3n) is 5.23. The summed E-state index contributed by atoms with van der Waals surface area (Å²) in [4.78, 5) is 35.8. The molecule has 1 fully saturated rings. The zero-order valence-corrected chi connectivity index (χ0v) is 17.3. The summed E-state index contributed by atoms with van der Waals surface area (Å²) in [6.45, 7) is 1.74. The summed E-state index contributed by atoms with van der Waals surface area (Å²) in [5, 5.41) is 5.82. The number of benzene rings is 2. The molecule has 6 nitrogen and oxygen atoms in total. The van der Waals surface area contributed by atoms with Crippen LogP contribution in [0.3, 0.4) is 0 Å². The topological polar surface area (TPSA) is 84.5 Å². The molecule has 0 saturated heterocycles. The molecular weight excluding hydrogens is 380 g/mol. The summed E-state index contributed by atoms with van der Waals surface area (Å²) in [6.07, 6.45) is 6.62. The van der Waals surface area contributed by atoms with Crippen molar-refractivity contribution in [3.63, 3.8) is 0 Å². The van der Waals surface area contributed by atoms with Crippen molar-refractivity contribution in [1.82, 2.24) is 5.32 Å². The molecule has 6 heteroatoms. The highest BCUT2D eigenvalue weighted by Crippen LogP contribution is 2.26. The van der Waals surface area contributed by atoms with Gasteiger partial charge in [0, 0.05) is 31.1 Å². The van der Waals surface area contributed by atoms with Crippen molar-refractivity contribution in [3.8, 4) is 5.75 Å². The lowest BCUT2D eigenvalue weighted by atomic mass is 9.87. The fourth-order valence-corrected chi connectivity index (χ4v) is 3.76. The van der Waals surface area contributed by atoms with Crippen molar-refractivity contribution in [2.24, 2.45) is 5.92 Å².